The molecule has 3 heterocycles. The molecular weight excluding hydrogens is 479 g/mol. The van der Waals surface area contributed by atoms with E-state index >= 15 is 0 Å². The Labute approximate surface area is 179 Å². The van der Waals surface area contributed by atoms with E-state index in [0.717, 1.165) is 41.9 Å². The number of halogens is 1. The zero-order chi connectivity index (χ0) is 17.5. The predicted octanol–water partition coefficient (Wildman–Crippen LogP) is 4.69. The van der Waals surface area contributed by atoms with Gasteiger partial charge >= 0.3 is 0 Å². The van der Waals surface area contributed by atoms with Gasteiger partial charge in [-0.1, -0.05) is 0 Å². The summed E-state index contributed by atoms with van der Waals surface area (Å²) in [6, 6.07) is 8.15. The number of furan rings is 1. The number of aryl methyl sites for hydroxylation is 1. The molecule has 26 heavy (non-hydrogen) atoms. The van der Waals surface area contributed by atoms with Crippen LogP contribution in [0.15, 0.2) is 45.3 Å². The van der Waals surface area contributed by atoms with Crippen LogP contribution >= 0.6 is 46.7 Å². The van der Waals surface area contributed by atoms with E-state index in [1.807, 2.05) is 19.1 Å². The molecular formula is C18H23IN4OS2. The standard InChI is InChI=1S/C18H22N4OS2.HI/c1-3-19-18(21-11-14-5-4-10-23-14)20-9-8-15-6-7-17(25-15)16-12-24-13(2)22-16;/h4-7,10,12H,3,8-9,11H2,1-2H3,(H2,19,20,21);1H. The molecule has 0 aliphatic rings. The van der Waals surface area contributed by atoms with Crippen molar-refractivity contribution in [1.29, 1.82) is 0 Å². The molecule has 0 saturated heterocycles. The van der Waals surface area contributed by atoms with E-state index in [9.17, 15) is 0 Å². The van der Waals surface area contributed by atoms with Crippen molar-refractivity contribution in [2.45, 2.75) is 26.8 Å². The lowest BCUT2D eigenvalue weighted by atomic mass is 10.3. The zero-order valence-electron chi connectivity index (χ0n) is 14.8. The first-order valence-corrected chi connectivity index (χ1v) is 10.00. The highest BCUT2D eigenvalue weighted by Crippen LogP contribution is 2.29. The van der Waals surface area contributed by atoms with Crippen LogP contribution in [-0.4, -0.2) is 24.0 Å². The van der Waals surface area contributed by atoms with Crippen molar-refractivity contribution in [1.82, 2.24) is 15.6 Å². The van der Waals surface area contributed by atoms with Gasteiger partial charge in [0.2, 0.25) is 0 Å². The fourth-order valence-electron chi connectivity index (χ4n) is 2.33. The van der Waals surface area contributed by atoms with Crippen molar-refractivity contribution >= 4 is 52.6 Å². The van der Waals surface area contributed by atoms with E-state index in [1.54, 1.807) is 28.9 Å². The highest BCUT2D eigenvalue weighted by atomic mass is 127. The van der Waals surface area contributed by atoms with E-state index in [-0.39, 0.29) is 24.0 Å². The van der Waals surface area contributed by atoms with Crippen LogP contribution in [0.4, 0.5) is 0 Å². The maximum absolute atomic E-state index is 5.32. The average molecular weight is 502 g/mol. The maximum atomic E-state index is 5.32. The lowest BCUT2D eigenvalue weighted by Crippen LogP contribution is -2.38. The molecule has 0 atom stereocenters. The highest BCUT2D eigenvalue weighted by Gasteiger charge is 2.06. The molecule has 0 bridgehead atoms. The van der Waals surface area contributed by atoms with Gasteiger partial charge in [-0.25, -0.2) is 9.98 Å². The van der Waals surface area contributed by atoms with Crippen LogP contribution in [0.1, 0.15) is 22.6 Å². The Kier molecular flexibility index (Phi) is 8.60. The number of guanidine groups is 1. The first-order chi connectivity index (χ1) is 12.2. The molecule has 8 heteroatoms. The summed E-state index contributed by atoms with van der Waals surface area (Å²) in [6.45, 7) is 6.30. The lowest BCUT2D eigenvalue weighted by Gasteiger charge is -2.10. The summed E-state index contributed by atoms with van der Waals surface area (Å²) in [5.41, 5.74) is 1.08. The molecule has 3 aromatic heterocycles. The molecule has 3 aromatic rings. The van der Waals surface area contributed by atoms with Crippen LogP contribution in [0.3, 0.4) is 0 Å². The summed E-state index contributed by atoms with van der Waals surface area (Å²) >= 11 is 3.50. The number of nitrogens with one attached hydrogen (secondary N) is 2. The second-order valence-electron chi connectivity index (χ2n) is 5.47. The lowest BCUT2D eigenvalue weighted by molar-refractivity contribution is 0.512. The minimum absolute atomic E-state index is 0. The van der Waals surface area contributed by atoms with Crippen molar-refractivity contribution in [3.63, 3.8) is 0 Å². The molecule has 5 nitrogen and oxygen atoms in total. The maximum Gasteiger partial charge on any atom is 0.191 e. The third kappa shape index (κ3) is 6.10. The Morgan fingerprint density at radius 3 is 2.85 bits per heavy atom. The van der Waals surface area contributed by atoms with Gasteiger partial charge in [0.1, 0.15) is 12.3 Å². The third-order valence-corrected chi connectivity index (χ3v) is 5.46. The number of thiazole rings is 1. The van der Waals surface area contributed by atoms with Crippen molar-refractivity contribution < 1.29 is 4.42 Å². The Morgan fingerprint density at radius 1 is 1.27 bits per heavy atom. The minimum atomic E-state index is 0. The first-order valence-electron chi connectivity index (χ1n) is 8.30. The number of thiophene rings is 1. The molecule has 0 fully saturated rings. The van der Waals surface area contributed by atoms with E-state index in [0.29, 0.717) is 6.54 Å². The summed E-state index contributed by atoms with van der Waals surface area (Å²) in [5, 5.41) is 9.86. The van der Waals surface area contributed by atoms with Crippen LogP contribution in [0.25, 0.3) is 10.6 Å². The smallest absolute Gasteiger partial charge is 0.191 e. The van der Waals surface area contributed by atoms with Gasteiger partial charge in [-0.3, -0.25) is 0 Å². The number of hydrogen-bond donors (Lipinski definition) is 2. The molecule has 0 radical (unpaired) electrons. The molecule has 140 valence electrons. The molecule has 0 aromatic carbocycles. The SMILES string of the molecule is CCNC(=NCc1ccco1)NCCc1ccc(-c2csc(C)n2)s1.I. The van der Waals surface area contributed by atoms with E-state index < -0.39 is 0 Å². The van der Waals surface area contributed by atoms with E-state index in [1.165, 1.54) is 9.75 Å². The van der Waals surface area contributed by atoms with Crippen LogP contribution in [0, 0.1) is 6.92 Å². The van der Waals surface area contributed by atoms with Gasteiger partial charge in [0.15, 0.2) is 5.96 Å². The molecule has 2 N–H and O–H groups in total. The second-order valence-corrected chi connectivity index (χ2v) is 7.70. The molecule has 0 unspecified atom stereocenters. The van der Waals surface area contributed by atoms with Gasteiger partial charge in [0.25, 0.3) is 0 Å². The number of aromatic nitrogens is 1. The number of aliphatic imine (C=N–C) groups is 1. The van der Waals surface area contributed by atoms with E-state index in [4.69, 9.17) is 4.42 Å². The van der Waals surface area contributed by atoms with Crippen LogP contribution in [-0.2, 0) is 13.0 Å². The van der Waals surface area contributed by atoms with Crippen molar-refractivity contribution in [2.24, 2.45) is 4.99 Å². The van der Waals surface area contributed by atoms with Crippen molar-refractivity contribution in [2.75, 3.05) is 13.1 Å². The van der Waals surface area contributed by atoms with Gasteiger partial charge in [0.05, 0.1) is 21.8 Å². The van der Waals surface area contributed by atoms with Crippen LogP contribution in [0.2, 0.25) is 0 Å². The fraction of sp³-hybridized carbons (Fsp3) is 0.333. The molecule has 0 saturated carbocycles. The number of nitrogens with zero attached hydrogens (tertiary/aromatic N) is 2. The van der Waals surface area contributed by atoms with E-state index in [2.05, 4.69) is 45.0 Å². The van der Waals surface area contributed by atoms with Crippen LogP contribution in [0.5, 0.6) is 0 Å². The highest BCUT2D eigenvalue weighted by molar-refractivity contribution is 14.0. The van der Waals surface area contributed by atoms with Crippen molar-refractivity contribution in [3.05, 3.63) is 51.6 Å². The average Bonchev–Trinajstić information content (AvgIpc) is 3.34. The Balaban J connectivity index is 0.00000243. The van der Waals surface area contributed by atoms with Gasteiger partial charge in [0, 0.05) is 23.3 Å². The number of rotatable bonds is 7. The summed E-state index contributed by atoms with van der Waals surface area (Å²) in [7, 11) is 0. The second kappa shape index (κ2) is 10.7. The van der Waals surface area contributed by atoms with Gasteiger partial charge in [-0.15, -0.1) is 46.7 Å². The zero-order valence-corrected chi connectivity index (χ0v) is 18.8. The Hall–Kier alpha value is -1.39. The third-order valence-electron chi connectivity index (χ3n) is 3.51. The van der Waals surface area contributed by atoms with Gasteiger partial charge in [-0.05, 0) is 44.5 Å². The monoisotopic (exact) mass is 502 g/mol. The summed E-state index contributed by atoms with van der Waals surface area (Å²) in [6.07, 6.45) is 2.63. The predicted molar refractivity (Wildman–Crippen MR) is 121 cm³/mol. The molecule has 0 amide bonds. The first kappa shape index (κ1) is 20.9. The normalized spacial score (nSPS) is 11.2. The molecule has 3 rings (SSSR count). The quantitative estimate of drug-likeness (QED) is 0.280. The Morgan fingerprint density at radius 2 is 2.15 bits per heavy atom. The fourth-order valence-corrected chi connectivity index (χ4v) is 3.99. The minimum Gasteiger partial charge on any atom is -0.467 e. The summed E-state index contributed by atoms with van der Waals surface area (Å²) < 4.78 is 5.32. The topological polar surface area (TPSA) is 62.5 Å². The largest absolute Gasteiger partial charge is 0.467 e. The summed E-state index contributed by atoms with van der Waals surface area (Å²) in [5.74, 6) is 1.67. The van der Waals surface area contributed by atoms with Crippen molar-refractivity contribution in [3.8, 4) is 10.6 Å². The molecule has 0 aliphatic carbocycles. The molecule has 0 aliphatic heterocycles. The van der Waals surface area contributed by atoms with Gasteiger partial charge in [-0.2, -0.15) is 0 Å². The van der Waals surface area contributed by atoms with Crippen LogP contribution < -0.4 is 10.6 Å². The number of hydrogen-bond acceptors (Lipinski definition) is 5. The van der Waals surface area contributed by atoms with Gasteiger partial charge < -0.3 is 15.1 Å². The molecule has 0 spiro atoms. The summed E-state index contributed by atoms with van der Waals surface area (Å²) in [4.78, 5) is 11.7. The Bertz CT molecular complexity index is 811.